The summed E-state index contributed by atoms with van der Waals surface area (Å²) in [6.45, 7) is 3.20. The molecule has 1 saturated heterocycles. The van der Waals surface area contributed by atoms with Crippen molar-refractivity contribution in [1.82, 2.24) is 4.90 Å². The summed E-state index contributed by atoms with van der Waals surface area (Å²) in [4.78, 5) is 14.3. The average Bonchev–Trinajstić information content (AvgIpc) is 2.97. The maximum absolute atomic E-state index is 12.3. The normalized spacial score (nSPS) is 17.2. The van der Waals surface area contributed by atoms with E-state index in [-0.39, 0.29) is 11.3 Å². The molecule has 0 aromatic heterocycles. The fourth-order valence-corrected chi connectivity index (χ4v) is 3.95. The summed E-state index contributed by atoms with van der Waals surface area (Å²) < 4.78 is 10.8. The quantitative estimate of drug-likeness (QED) is 0.798. The third-order valence-corrected chi connectivity index (χ3v) is 5.19. The zero-order chi connectivity index (χ0) is 16.9. The topological polar surface area (TPSA) is 38.8 Å². The summed E-state index contributed by atoms with van der Waals surface area (Å²) in [5.74, 6) is 2.35. The van der Waals surface area contributed by atoms with Crippen molar-refractivity contribution in [2.75, 3.05) is 19.5 Å². The Morgan fingerprint density at radius 1 is 1.17 bits per heavy atom. The molecule has 1 atom stereocenters. The van der Waals surface area contributed by atoms with Gasteiger partial charge in [-0.25, -0.2) is 0 Å². The molecule has 1 aliphatic heterocycles. The Hall–Kier alpha value is -2.14. The van der Waals surface area contributed by atoms with Crippen LogP contribution in [0.25, 0.3) is 0 Å². The molecule has 0 spiro atoms. The number of carbonyl (C=O) groups excluding carboxylic acids is 1. The van der Waals surface area contributed by atoms with Crippen LogP contribution in [0.2, 0.25) is 0 Å². The fourth-order valence-electron chi connectivity index (χ4n) is 2.76. The molecule has 1 fully saturated rings. The Morgan fingerprint density at radius 3 is 2.67 bits per heavy atom. The number of rotatable bonds is 6. The van der Waals surface area contributed by atoms with E-state index in [1.807, 2.05) is 60.4 Å². The number of hydrogen-bond donors (Lipinski definition) is 0. The number of ether oxygens (including phenoxy) is 2. The van der Waals surface area contributed by atoms with Crippen molar-refractivity contribution in [2.24, 2.45) is 0 Å². The van der Waals surface area contributed by atoms with E-state index in [1.165, 1.54) is 0 Å². The molecule has 1 amide bonds. The lowest BCUT2D eigenvalue weighted by molar-refractivity contribution is -0.128. The molecular weight excluding hydrogens is 322 g/mol. The molecule has 1 heterocycles. The highest BCUT2D eigenvalue weighted by Crippen LogP contribution is 2.40. The van der Waals surface area contributed by atoms with Crippen molar-refractivity contribution >= 4 is 17.7 Å². The monoisotopic (exact) mass is 343 g/mol. The summed E-state index contributed by atoms with van der Waals surface area (Å²) in [5.41, 5.74) is 2.19. The van der Waals surface area contributed by atoms with E-state index in [4.69, 9.17) is 9.47 Å². The highest BCUT2D eigenvalue weighted by molar-refractivity contribution is 8.00. The highest BCUT2D eigenvalue weighted by Gasteiger charge is 2.32. The predicted molar refractivity (Wildman–Crippen MR) is 96.4 cm³/mol. The van der Waals surface area contributed by atoms with Crippen molar-refractivity contribution in [2.45, 2.75) is 18.8 Å². The SMILES string of the molecule is CCOc1ccc(C2SCC(=O)N2Cc2cccc(OC)c2)cc1. The smallest absolute Gasteiger partial charge is 0.234 e. The lowest BCUT2D eigenvalue weighted by Gasteiger charge is -2.24. The largest absolute Gasteiger partial charge is 0.497 e. The zero-order valence-corrected chi connectivity index (χ0v) is 14.7. The Balaban J connectivity index is 1.78. The third-order valence-electron chi connectivity index (χ3n) is 3.93. The molecule has 0 aliphatic carbocycles. The van der Waals surface area contributed by atoms with E-state index in [9.17, 15) is 4.79 Å². The molecule has 2 aromatic carbocycles. The standard InChI is InChI=1S/C19H21NO3S/c1-3-23-16-9-7-15(8-10-16)19-20(18(21)13-24-19)12-14-5-4-6-17(11-14)22-2/h4-11,19H,3,12-13H2,1-2H3. The second-order valence-corrected chi connectivity index (χ2v) is 6.61. The van der Waals surface area contributed by atoms with Crippen LogP contribution >= 0.6 is 11.8 Å². The van der Waals surface area contributed by atoms with Crippen LogP contribution in [0.5, 0.6) is 11.5 Å². The number of hydrogen-bond acceptors (Lipinski definition) is 4. The van der Waals surface area contributed by atoms with Gasteiger partial charge in [-0.3, -0.25) is 4.79 Å². The molecule has 3 rings (SSSR count). The van der Waals surface area contributed by atoms with Crippen LogP contribution in [0, 0.1) is 0 Å². The zero-order valence-electron chi connectivity index (χ0n) is 13.9. The first-order chi connectivity index (χ1) is 11.7. The molecule has 5 heteroatoms. The molecule has 0 saturated carbocycles. The fraction of sp³-hybridized carbons (Fsp3) is 0.316. The van der Waals surface area contributed by atoms with Crippen LogP contribution < -0.4 is 9.47 Å². The first-order valence-electron chi connectivity index (χ1n) is 7.98. The van der Waals surface area contributed by atoms with Gasteiger partial charge in [0.1, 0.15) is 16.9 Å². The lowest BCUT2D eigenvalue weighted by atomic mass is 10.1. The molecule has 0 radical (unpaired) electrons. The third kappa shape index (κ3) is 3.67. The maximum atomic E-state index is 12.3. The number of amides is 1. The molecular formula is C19H21NO3S. The summed E-state index contributed by atoms with van der Waals surface area (Å²) in [6.07, 6.45) is 0. The highest BCUT2D eigenvalue weighted by atomic mass is 32.2. The van der Waals surface area contributed by atoms with Gasteiger partial charge in [-0.05, 0) is 42.3 Å². The van der Waals surface area contributed by atoms with E-state index >= 15 is 0 Å². The van der Waals surface area contributed by atoms with Crippen LogP contribution in [0.1, 0.15) is 23.4 Å². The van der Waals surface area contributed by atoms with Crippen LogP contribution in [0.15, 0.2) is 48.5 Å². The number of nitrogens with zero attached hydrogens (tertiary/aromatic N) is 1. The molecule has 24 heavy (non-hydrogen) atoms. The molecule has 1 aliphatic rings. The van der Waals surface area contributed by atoms with Gasteiger partial charge < -0.3 is 14.4 Å². The van der Waals surface area contributed by atoms with Crippen LogP contribution in [0.3, 0.4) is 0 Å². The van der Waals surface area contributed by atoms with Gasteiger partial charge in [0.2, 0.25) is 5.91 Å². The van der Waals surface area contributed by atoms with Crippen LogP contribution in [-0.4, -0.2) is 30.3 Å². The Bertz CT molecular complexity index is 702. The van der Waals surface area contributed by atoms with Gasteiger partial charge in [-0.1, -0.05) is 24.3 Å². The van der Waals surface area contributed by atoms with Crippen molar-refractivity contribution in [3.63, 3.8) is 0 Å². The van der Waals surface area contributed by atoms with E-state index in [0.717, 1.165) is 22.6 Å². The second kappa shape index (κ2) is 7.62. The van der Waals surface area contributed by atoms with Gasteiger partial charge in [0.15, 0.2) is 0 Å². The number of thioether (sulfide) groups is 1. The van der Waals surface area contributed by atoms with Gasteiger partial charge in [0, 0.05) is 6.54 Å². The van der Waals surface area contributed by atoms with Gasteiger partial charge in [-0.2, -0.15) is 0 Å². The minimum absolute atomic E-state index is 0.0411. The average molecular weight is 343 g/mol. The number of carbonyl (C=O) groups is 1. The molecule has 2 aromatic rings. The van der Waals surface area contributed by atoms with Gasteiger partial charge in [0.25, 0.3) is 0 Å². The van der Waals surface area contributed by atoms with E-state index in [1.54, 1.807) is 18.9 Å². The van der Waals surface area contributed by atoms with Gasteiger partial charge >= 0.3 is 0 Å². The van der Waals surface area contributed by atoms with Crippen molar-refractivity contribution in [3.05, 3.63) is 59.7 Å². The first-order valence-corrected chi connectivity index (χ1v) is 9.03. The Morgan fingerprint density at radius 2 is 1.96 bits per heavy atom. The summed E-state index contributed by atoms with van der Waals surface area (Å²) >= 11 is 1.66. The summed E-state index contributed by atoms with van der Waals surface area (Å²) in [7, 11) is 1.65. The van der Waals surface area contributed by atoms with Crippen molar-refractivity contribution in [1.29, 1.82) is 0 Å². The van der Waals surface area contributed by atoms with E-state index in [2.05, 4.69) is 0 Å². The summed E-state index contributed by atoms with van der Waals surface area (Å²) in [6, 6.07) is 15.9. The Kier molecular flexibility index (Phi) is 5.30. The number of methoxy groups -OCH3 is 1. The Labute approximate surface area is 146 Å². The van der Waals surface area contributed by atoms with Crippen LogP contribution in [-0.2, 0) is 11.3 Å². The van der Waals surface area contributed by atoms with Gasteiger partial charge in [0.05, 0.1) is 19.5 Å². The molecule has 1 unspecified atom stereocenters. The summed E-state index contributed by atoms with van der Waals surface area (Å²) in [5, 5.41) is 0.0411. The van der Waals surface area contributed by atoms with E-state index in [0.29, 0.717) is 18.9 Å². The molecule has 126 valence electrons. The molecule has 0 bridgehead atoms. The minimum atomic E-state index is 0.0411. The minimum Gasteiger partial charge on any atom is -0.497 e. The molecule has 0 N–H and O–H groups in total. The maximum Gasteiger partial charge on any atom is 0.234 e. The van der Waals surface area contributed by atoms with Crippen LogP contribution in [0.4, 0.5) is 0 Å². The predicted octanol–water partition coefficient (Wildman–Crippen LogP) is 3.87. The lowest BCUT2D eigenvalue weighted by Crippen LogP contribution is -2.27. The van der Waals surface area contributed by atoms with Crippen molar-refractivity contribution in [3.8, 4) is 11.5 Å². The van der Waals surface area contributed by atoms with E-state index < -0.39 is 0 Å². The van der Waals surface area contributed by atoms with Crippen molar-refractivity contribution < 1.29 is 14.3 Å². The molecule has 4 nitrogen and oxygen atoms in total. The number of benzene rings is 2. The first kappa shape index (κ1) is 16.7. The van der Waals surface area contributed by atoms with Gasteiger partial charge in [-0.15, -0.1) is 11.8 Å². The second-order valence-electron chi connectivity index (χ2n) is 5.54.